The molecule has 0 aliphatic carbocycles. The van der Waals surface area contributed by atoms with E-state index in [1.54, 1.807) is 5.38 Å². The second-order valence-electron chi connectivity index (χ2n) is 5.95. The van der Waals surface area contributed by atoms with Gasteiger partial charge in [0.1, 0.15) is 0 Å². The van der Waals surface area contributed by atoms with Gasteiger partial charge in [-0.05, 0) is 48.0 Å². The van der Waals surface area contributed by atoms with Crippen LogP contribution in [0.15, 0.2) is 58.9 Å². The lowest BCUT2D eigenvalue weighted by molar-refractivity contribution is -0.137. The van der Waals surface area contributed by atoms with E-state index in [4.69, 9.17) is 11.6 Å². The number of thiazole rings is 1. The molecule has 1 aromatic heterocycles. The Hall–Kier alpha value is -2.63. The van der Waals surface area contributed by atoms with Crippen molar-refractivity contribution in [3.8, 4) is 0 Å². The molecule has 1 amide bonds. The highest BCUT2D eigenvalue weighted by Crippen LogP contribution is 2.31. The molecule has 0 fully saturated rings. The molecule has 0 aliphatic heterocycles. The number of benzene rings is 2. The van der Waals surface area contributed by atoms with Gasteiger partial charge in [0, 0.05) is 28.7 Å². The molecule has 0 radical (unpaired) electrons. The number of sulfonamides is 1. The van der Waals surface area contributed by atoms with Crippen LogP contribution >= 0.6 is 22.9 Å². The van der Waals surface area contributed by atoms with Gasteiger partial charge in [-0.2, -0.15) is 13.2 Å². The maximum atomic E-state index is 12.8. The van der Waals surface area contributed by atoms with Crippen molar-refractivity contribution in [2.45, 2.75) is 17.6 Å². The Morgan fingerprint density at radius 1 is 1.13 bits per heavy atom. The quantitative estimate of drug-likeness (QED) is 0.547. The summed E-state index contributed by atoms with van der Waals surface area (Å²) in [4.78, 5) is 16.0. The molecule has 30 heavy (non-hydrogen) atoms. The van der Waals surface area contributed by atoms with Gasteiger partial charge in [-0.25, -0.2) is 13.4 Å². The first kappa shape index (κ1) is 22.1. The van der Waals surface area contributed by atoms with Crippen LogP contribution in [0.4, 0.5) is 18.3 Å². The Bertz CT molecular complexity index is 1150. The highest BCUT2D eigenvalue weighted by molar-refractivity contribution is 7.93. The summed E-state index contributed by atoms with van der Waals surface area (Å²) < 4.78 is 65.4. The number of hydrogen-bond donors (Lipinski definition) is 2. The van der Waals surface area contributed by atoms with Crippen molar-refractivity contribution < 1.29 is 26.4 Å². The van der Waals surface area contributed by atoms with E-state index in [1.807, 2.05) is 0 Å². The first-order valence-corrected chi connectivity index (χ1v) is 11.0. The van der Waals surface area contributed by atoms with E-state index in [-0.39, 0.29) is 32.7 Å². The van der Waals surface area contributed by atoms with Gasteiger partial charge in [-0.3, -0.25) is 9.52 Å². The minimum atomic E-state index is -4.53. The maximum Gasteiger partial charge on any atom is 0.416 e. The fourth-order valence-corrected chi connectivity index (χ4v) is 4.37. The average molecular weight is 476 g/mol. The highest BCUT2D eigenvalue weighted by Gasteiger charge is 2.30. The molecule has 12 heteroatoms. The molecule has 0 bridgehead atoms. The van der Waals surface area contributed by atoms with E-state index < -0.39 is 27.7 Å². The smallest absolute Gasteiger partial charge is 0.348 e. The molecule has 158 valence electrons. The van der Waals surface area contributed by atoms with E-state index in [0.29, 0.717) is 0 Å². The second kappa shape index (κ2) is 8.62. The number of nitrogens with one attached hydrogen (secondary N) is 2. The van der Waals surface area contributed by atoms with Gasteiger partial charge in [0.05, 0.1) is 10.5 Å². The highest BCUT2D eigenvalue weighted by atomic mass is 35.5. The third-order valence-corrected chi connectivity index (χ3v) is 6.43. The molecule has 0 unspecified atom stereocenters. The van der Waals surface area contributed by atoms with Crippen LogP contribution in [-0.4, -0.2) is 19.3 Å². The first-order chi connectivity index (χ1) is 14.1. The van der Waals surface area contributed by atoms with Gasteiger partial charge in [0.25, 0.3) is 15.9 Å². The molecule has 0 aliphatic rings. The van der Waals surface area contributed by atoms with Gasteiger partial charge in [0.15, 0.2) is 5.13 Å². The molecular weight excluding hydrogens is 463 g/mol. The number of aromatic nitrogens is 1. The summed E-state index contributed by atoms with van der Waals surface area (Å²) in [7, 11) is -3.86. The zero-order valence-corrected chi connectivity index (χ0v) is 17.3. The molecule has 3 aromatic rings. The zero-order valence-electron chi connectivity index (χ0n) is 14.9. The number of alkyl halides is 3. The molecule has 2 N–H and O–H groups in total. The minimum Gasteiger partial charge on any atom is -0.348 e. The van der Waals surface area contributed by atoms with E-state index >= 15 is 0 Å². The largest absolute Gasteiger partial charge is 0.416 e. The predicted molar refractivity (Wildman–Crippen MR) is 107 cm³/mol. The summed E-state index contributed by atoms with van der Waals surface area (Å²) in [5, 5.41) is 4.36. The Balaban J connectivity index is 1.68. The molecule has 3 rings (SSSR count). The van der Waals surface area contributed by atoms with Crippen LogP contribution in [0.25, 0.3) is 0 Å². The molecule has 0 saturated carbocycles. The Labute approximate surface area is 178 Å². The number of halogens is 4. The average Bonchev–Trinajstić information content (AvgIpc) is 3.18. The van der Waals surface area contributed by atoms with E-state index in [9.17, 15) is 26.4 Å². The van der Waals surface area contributed by atoms with Gasteiger partial charge in [-0.15, -0.1) is 11.3 Å². The van der Waals surface area contributed by atoms with E-state index in [2.05, 4.69) is 15.0 Å². The monoisotopic (exact) mass is 475 g/mol. The van der Waals surface area contributed by atoms with E-state index in [0.717, 1.165) is 29.5 Å². The zero-order chi connectivity index (χ0) is 21.9. The van der Waals surface area contributed by atoms with Crippen LogP contribution in [-0.2, 0) is 22.7 Å². The fourth-order valence-electron chi connectivity index (χ4n) is 2.40. The van der Waals surface area contributed by atoms with Gasteiger partial charge in [0.2, 0.25) is 0 Å². The molecule has 1 heterocycles. The number of nitrogens with zero attached hydrogens (tertiary/aromatic N) is 1. The molecular formula is C18H13ClF3N3O3S2. The molecule has 2 aromatic carbocycles. The summed E-state index contributed by atoms with van der Waals surface area (Å²) in [5.74, 6) is -0.597. The summed E-state index contributed by atoms with van der Waals surface area (Å²) in [6, 6.07) is 7.89. The van der Waals surface area contributed by atoms with Gasteiger partial charge in [-0.1, -0.05) is 11.6 Å². The maximum absolute atomic E-state index is 12.8. The van der Waals surface area contributed by atoms with Crippen LogP contribution in [0.1, 0.15) is 21.5 Å². The lowest BCUT2D eigenvalue weighted by Gasteiger charge is -2.12. The molecule has 0 saturated heterocycles. The minimum absolute atomic E-state index is 0.0739. The normalized spacial score (nSPS) is 11.9. The SMILES string of the molecule is O=C(NCc1cc(C(F)(F)F)ccc1Cl)c1ccc(S(=O)(=O)Nc2nccs2)cc1. The van der Waals surface area contributed by atoms with Crippen molar-refractivity contribution in [3.05, 3.63) is 75.8 Å². The third kappa shape index (κ3) is 5.29. The first-order valence-electron chi connectivity index (χ1n) is 8.22. The Kier molecular flexibility index (Phi) is 6.34. The van der Waals surface area contributed by atoms with Crippen molar-refractivity contribution in [1.82, 2.24) is 10.3 Å². The van der Waals surface area contributed by atoms with Crippen molar-refractivity contribution in [2.75, 3.05) is 4.72 Å². The standard InChI is InChI=1S/C18H13ClF3N3O3S2/c19-15-6-3-13(18(20,21)22)9-12(15)10-24-16(26)11-1-4-14(5-2-11)30(27,28)25-17-23-7-8-29-17/h1-9H,10H2,(H,23,25)(H,24,26). The van der Waals surface area contributed by atoms with E-state index in [1.165, 1.54) is 30.5 Å². The van der Waals surface area contributed by atoms with Gasteiger partial charge >= 0.3 is 6.18 Å². The van der Waals surface area contributed by atoms with Crippen molar-refractivity contribution >= 4 is 44.0 Å². The van der Waals surface area contributed by atoms with Crippen LogP contribution in [0.2, 0.25) is 5.02 Å². The van der Waals surface area contributed by atoms with Crippen LogP contribution in [0.3, 0.4) is 0 Å². The number of carbonyl (C=O) groups excluding carboxylic acids is 1. The summed E-state index contributed by atoms with van der Waals surface area (Å²) in [6.45, 7) is -0.229. The fraction of sp³-hybridized carbons (Fsp3) is 0.111. The Morgan fingerprint density at radius 3 is 2.43 bits per heavy atom. The van der Waals surface area contributed by atoms with Crippen LogP contribution in [0.5, 0.6) is 0 Å². The van der Waals surface area contributed by atoms with Crippen LogP contribution < -0.4 is 10.0 Å². The van der Waals surface area contributed by atoms with Crippen molar-refractivity contribution in [3.63, 3.8) is 0 Å². The molecule has 6 nitrogen and oxygen atoms in total. The predicted octanol–water partition coefficient (Wildman–Crippen LogP) is 4.55. The van der Waals surface area contributed by atoms with Gasteiger partial charge < -0.3 is 5.32 Å². The third-order valence-electron chi connectivity index (χ3n) is 3.89. The lowest BCUT2D eigenvalue weighted by Crippen LogP contribution is -2.23. The number of anilines is 1. The van der Waals surface area contributed by atoms with Crippen molar-refractivity contribution in [1.29, 1.82) is 0 Å². The lowest BCUT2D eigenvalue weighted by atomic mass is 10.1. The molecule has 0 spiro atoms. The number of carbonyl (C=O) groups is 1. The van der Waals surface area contributed by atoms with Crippen LogP contribution in [0, 0.1) is 0 Å². The van der Waals surface area contributed by atoms with Crippen molar-refractivity contribution in [2.24, 2.45) is 0 Å². The second-order valence-corrected chi connectivity index (χ2v) is 8.94. The number of rotatable bonds is 6. The number of hydrogen-bond acceptors (Lipinski definition) is 5. The molecule has 0 atom stereocenters. The Morgan fingerprint density at radius 2 is 1.83 bits per heavy atom. The summed E-state index contributed by atoms with van der Waals surface area (Å²) in [6.07, 6.45) is -3.08. The number of amides is 1. The topological polar surface area (TPSA) is 88.2 Å². The summed E-state index contributed by atoms with van der Waals surface area (Å²) in [5.41, 5.74) is -0.642. The summed E-state index contributed by atoms with van der Waals surface area (Å²) >= 11 is 7.02.